The molecule has 0 aliphatic carbocycles. The maximum atomic E-state index is 12.6. The highest BCUT2D eigenvalue weighted by atomic mass is 35.5. The lowest BCUT2D eigenvalue weighted by Gasteiger charge is -2.06. The van der Waals surface area contributed by atoms with Crippen LogP contribution in [0.3, 0.4) is 0 Å². The van der Waals surface area contributed by atoms with Gasteiger partial charge in [-0.05, 0) is 36.8 Å². The van der Waals surface area contributed by atoms with Crippen LogP contribution in [-0.4, -0.2) is 25.8 Å². The molecule has 4 aromatic rings. The van der Waals surface area contributed by atoms with Crippen molar-refractivity contribution in [3.05, 3.63) is 68.9 Å². The van der Waals surface area contributed by atoms with Crippen LogP contribution >= 0.6 is 34.8 Å². The standard InChI is InChI=1S/C19H12Cl3N5O/c1-9-5-14-15(26-17(25-14)16-12(21)3-2-4-13(16)22)6-11(9)18(28)27-19-23-7-10(20)8-24-19/h2-8H,1H3,(H,25,26)(H,23,24,27,28). The highest BCUT2D eigenvalue weighted by Gasteiger charge is 2.16. The fourth-order valence-corrected chi connectivity index (χ4v) is 3.47. The number of aromatic amines is 1. The van der Waals surface area contributed by atoms with Gasteiger partial charge in [0.25, 0.3) is 5.91 Å². The van der Waals surface area contributed by atoms with E-state index in [-0.39, 0.29) is 11.9 Å². The molecule has 1 amide bonds. The molecule has 0 aliphatic rings. The van der Waals surface area contributed by atoms with E-state index in [2.05, 4.69) is 25.3 Å². The zero-order chi connectivity index (χ0) is 19.8. The Bertz CT molecular complexity index is 1180. The molecule has 0 fully saturated rings. The second kappa shape index (κ2) is 7.39. The number of aromatic nitrogens is 4. The number of carbonyl (C=O) groups excluding carboxylic acids is 1. The van der Waals surface area contributed by atoms with E-state index >= 15 is 0 Å². The molecule has 0 unspecified atom stereocenters. The van der Waals surface area contributed by atoms with Crippen molar-refractivity contribution < 1.29 is 4.79 Å². The molecule has 0 radical (unpaired) electrons. The molecule has 2 N–H and O–H groups in total. The Morgan fingerprint density at radius 3 is 2.43 bits per heavy atom. The number of aryl methyl sites for hydroxylation is 1. The van der Waals surface area contributed by atoms with Gasteiger partial charge in [0.15, 0.2) is 0 Å². The smallest absolute Gasteiger partial charge is 0.258 e. The summed E-state index contributed by atoms with van der Waals surface area (Å²) in [4.78, 5) is 28.3. The van der Waals surface area contributed by atoms with E-state index in [9.17, 15) is 4.79 Å². The third-order valence-electron chi connectivity index (χ3n) is 4.12. The van der Waals surface area contributed by atoms with Gasteiger partial charge >= 0.3 is 0 Å². The summed E-state index contributed by atoms with van der Waals surface area (Å²) in [7, 11) is 0. The van der Waals surface area contributed by atoms with Crippen LogP contribution in [0.1, 0.15) is 15.9 Å². The molecule has 2 heterocycles. The van der Waals surface area contributed by atoms with Crippen molar-refractivity contribution in [3.63, 3.8) is 0 Å². The predicted molar refractivity (Wildman–Crippen MR) is 111 cm³/mol. The molecule has 0 saturated heterocycles. The Morgan fingerprint density at radius 2 is 1.75 bits per heavy atom. The van der Waals surface area contributed by atoms with Gasteiger partial charge in [-0.3, -0.25) is 10.1 Å². The molecule has 2 aromatic carbocycles. The monoisotopic (exact) mass is 431 g/mol. The summed E-state index contributed by atoms with van der Waals surface area (Å²) in [5.74, 6) is 0.352. The fraction of sp³-hybridized carbons (Fsp3) is 0.0526. The first-order chi connectivity index (χ1) is 13.4. The van der Waals surface area contributed by atoms with Crippen LogP contribution < -0.4 is 5.32 Å². The van der Waals surface area contributed by atoms with Crippen LogP contribution in [-0.2, 0) is 0 Å². The number of rotatable bonds is 3. The Hall–Kier alpha value is -2.67. The van der Waals surface area contributed by atoms with Crippen molar-refractivity contribution in [2.24, 2.45) is 0 Å². The number of amides is 1. The maximum Gasteiger partial charge on any atom is 0.258 e. The first-order valence-corrected chi connectivity index (χ1v) is 9.29. The van der Waals surface area contributed by atoms with Crippen LogP contribution in [0, 0.1) is 6.92 Å². The van der Waals surface area contributed by atoms with Crippen LogP contribution in [0.15, 0.2) is 42.7 Å². The number of carbonyl (C=O) groups is 1. The number of anilines is 1. The molecule has 6 nitrogen and oxygen atoms in total. The first kappa shape index (κ1) is 18.7. The molecule has 2 aromatic heterocycles. The number of imidazole rings is 1. The van der Waals surface area contributed by atoms with Crippen molar-refractivity contribution in [3.8, 4) is 11.4 Å². The molecule has 28 heavy (non-hydrogen) atoms. The number of hydrogen-bond acceptors (Lipinski definition) is 4. The van der Waals surface area contributed by atoms with E-state index in [0.29, 0.717) is 37.5 Å². The molecule has 0 bridgehead atoms. The second-order valence-electron chi connectivity index (χ2n) is 6.05. The third kappa shape index (κ3) is 3.54. The fourth-order valence-electron chi connectivity index (χ4n) is 2.80. The Balaban J connectivity index is 1.72. The molecular formula is C19H12Cl3N5O. The average molecular weight is 433 g/mol. The zero-order valence-corrected chi connectivity index (χ0v) is 16.7. The summed E-state index contributed by atoms with van der Waals surface area (Å²) in [5, 5.41) is 4.01. The molecule has 0 aliphatic heterocycles. The number of H-pyrrole nitrogens is 1. The molecule has 140 valence electrons. The average Bonchev–Trinajstić information content (AvgIpc) is 3.05. The minimum absolute atomic E-state index is 0.166. The SMILES string of the molecule is Cc1cc2[nH]c(-c3c(Cl)cccc3Cl)nc2cc1C(=O)Nc1ncc(Cl)cn1. The van der Waals surface area contributed by atoms with E-state index in [4.69, 9.17) is 34.8 Å². The van der Waals surface area contributed by atoms with Crippen molar-refractivity contribution >= 4 is 57.7 Å². The zero-order valence-electron chi connectivity index (χ0n) is 14.4. The number of benzene rings is 2. The van der Waals surface area contributed by atoms with Gasteiger partial charge in [0.2, 0.25) is 5.95 Å². The number of nitrogens with zero attached hydrogens (tertiary/aromatic N) is 3. The molecular weight excluding hydrogens is 421 g/mol. The van der Waals surface area contributed by atoms with E-state index in [1.54, 1.807) is 24.3 Å². The summed E-state index contributed by atoms with van der Waals surface area (Å²) in [5.41, 5.74) is 3.20. The summed E-state index contributed by atoms with van der Waals surface area (Å²) in [6.45, 7) is 1.83. The van der Waals surface area contributed by atoms with Crippen molar-refractivity contribution in [1.82, 2.24) is 19.9 Å². The lowest BCUT2D eigenvalue weighted by Crippen LogP contribution is -2.15. The highest BCUT2D eigenvalue weighted by Crippen LogP contribution is 2.34. The summed E-state index contributed by atoms with van der Waals surface area (Å²) in [6.07, 6.45) is 2.82. The Kier molecular flexibility index (Phi) is 4.93. The Morgan fingerprint density at radius 1 is 1.07 bits per heavy atom. The molecule has 0 spiro atoms. The molecule has 0 atom stereocenters. The van der Waals surface area contributed by atoms with Gasteiger partial charge in [-0.15, -0.1) is 0 Å². The largest absolute Gasteiger partial charge is 0.338 e. The second-order valence-corrected chi connectivity index (χ2v) is 7.30. The van der Waals surface area contributed by atoms with Gasteiger partial charge in [-0.1, -0.05) is 40.9 Å². The van der Waals surface area contributed by atoms with Crippen LogP contribution in [0.4, 0.5) is 5.95 Å². The van der Waals surface area contributed by atoms with Gasteiger partial charge in [0, 0.05) is 5.56 Å². The van der Waals surface area contributed by atoms with Gasteiger partial charge in [0.05, 0.1) is 44.1 Å². The quantitative estimate of drug-likeness (QED) is 0.445. The topological polar surface area (TPSA) is 83.6 Å². The lowest BCUT2D eigenvalue weighted by molar-refractivity contribution is 0.102. The predicted octanol–water partition coefficient (Wildman–Crippen LogP) is 5.54. The summed E-state index contributed by atoms with van der Waals surface area (Å²) < 4.78 is 0. The third-order valence-corrected chi connectivity index (χ3v) is 4.94. The van der Waals surface area contributed by atoms with Crippen LogP contribution in [0.25, 0.3) is 22.4 Å². The number of nitrogens with one attached hydrogen (secondary N) is 2. The van der Waals surface area contributed by atoms with Gasteiger partial charge in [-0.2, -0.15) is 0 Å². The van der Waals surface area contributed by atoms with Crippen LogP contribution in [0.2, 0.25) is 15.1 Å². The molecule has 4 rings (SSSR count). The van der Waals surface area contributed by atoms with E-state index in [0.717, 1.165) is 11.1 Å². The number of fused-ring (bicyclic) bond motifs is 1. The molecule has 9 heteroatoms. The lowest BCUT2D eigenvalue weighted by atomic mass is 10.1. The number of hydrogen-bond donors (Lipinski definition) is 2. The Labute approximate surface area is 174 Å². The minimum atomic E-state index is -0.345. The van der Waals surface area contributed by atoms with Gasteiger partial charge < -0.3 is 4.98 Å². The normalized spacial score (nSPS) is 11.0. The van der Waals surface area contributed by atoms with E-state index in [1.807, 2.05) is 13.0 Å². The van der Waals surface area contributed by atoms with Gasteiger partial charge in [-0.25, -0.2) is 15.0 Å². The summed E-state index contributed by atoms with van der Waals surface area (Å²) >= 11 is 18.3. The van der Waals surface area contributed by atoms with Crippen molar-refractivity contribution in [2.75, 3.05) is 5.32 Å². The van der Waals surface area contributed by atoms with Crippen molar-refractivity contribution in [2.45, 2.75) is 6.92 Å². The first-order valence-electron chi connectivity index (χ1n) is 8.16. The van der Waals surface area contributed by atoms with Crippen molar-refractivity contribution in [1.29, 1.82) is 0 Å². The number of halogens is 3. The molecule has 0 saturated carbocycles. The van der Waals surface area contributed by atoms with E-state index < -0.39 is 0 Å². The highest BCUT2D eigenvalue weighted by molar-refractivity contribution is 6.39. The maximum absolute atomic E-state index is 12.6. The van der Waals surface area contributed by atoms with Crippen LogP contribution in [0.5, 0.6) is 0 Å². The summed E-state index contributed by atoms with van der Waals surface area (Å²) in [6, 6.07) is 8.79. The van der Waals surface area contributed by atoms with E-state index in [1.165, 1.54) is 12.4 Å². The minimum Gasteiger partial charge on any atom is -0.338 e. The van der Waals surface area contributed by atoms with Gasteiger partial charge in [0.1, 0.15) is 5.82 Å².